The number of halogens is 5. The molecule has 2 heterocycles. The fourth-order valence-corrected chi connectivity index (χ4v) is 7.78. The molecule has 1 amide bonds. The van der Waals surface area contributed by atoms with Crippen LogP contribution in [0, 0.1) is 6.92 Å². The number of nitrogens with zero attached hydrogens (tertiary/aromatic N) is 2. The molecule has 244 valence electrons. The molecule has 2 N–H and O–H groups in total. The Bertz CT molecular complexity index is 2210. The number of aliphatic carboxylic acids is 1. The van der Waals surface area contributed by atoms with Crippen LogP contribution in [0.25, 0.3) is 22.0 Å². The summed E-state index contributed by atoms with van der Waals surface area (Å²) in [6.45, 7) is 1.38. The number of fused-ring (bicyclic) bond motifs is 1. The maximum absolute atomic E-state index is 13.9. The first-order valence-electron chi connectivity index (χ1n) is 13.7. The zero-order valence-electron chi connectivity index (χ0n) is 24.5. The summed E-state index contributed by atoms with van der Waals surface area (Å²) < 4.78 is 71.1. The van der Waals surface area contributed by atoms with Crippen molar-refractivity contribution in [2.45, 2.75) is 30.5 Å². The predicted octanol–water partition coefficient (Wildman–Crippen LogP) is 6.30. The number of carboxylic acid groups (broad SMARTS) is 1. The molecule has 1 atom stereocenters. The molecule has 0 aliphatic heterocycles. The first-order chi connectivity index (χ1) is 22.0. The number of hydrogen-bond donors (Lipinski definition) is 2. The average molecular weight is 707 g/mol. The van der Waals surface area contributed by atoms with Crippen molar-refractivity contribution >= 4 is 56.0 Å². The fraction of sp³-hybridized carbons (Fsp3) is 0.156. The number of benzene rings is 3. The van der Waals surface area contributed by atoms with Crippen LogP contribution in [0.15, 0.2) is 88.6 Å². The normalized spacial score (nSPS) is 12.7. The van der Waals surface area contributed by atoms with Crippen molar-refractivity contribution in [2.75, 3.05) is 0 Å². The predicted molar refractivity (Wildman–Crippen MR) is 170 cm³/mol. The quantitative estimate of drug-likeness (QED) is 0.195. The Morgan fingerprint density at radius 3 is 2.17 bits per heavy atom. The second kappa shape index (κ2) is 12.5. The van der Waals surface area contributed by atoms with E-state index in [-0.39, 0.29) is 33.2 Å². The number of aryl methyl sites for hydroxylation is 1. The van der Waals surface area contributed by atoms with Gasteiger partial charge in [-0.1, -0.05) is 71.7 Å². The van der Waals surface area contributed by atoms with Crippen molar-refractivity contribution in [3.63, 3.8) is 0 Å². The number of alkyl halides is 3. The van der Waals surface area contributed by atoms with Crippen molar-refractivity contribution in [1.29, 1.82) is 0 Å². The van der Waals surface area contributed by atoms with Gasteiger partial charge in [0.15, 0.2) is 0 Å². The van der Waals surface area contributed by atoms with Crippen LogP contribution in [0.1, 0.15) is 27.3 Å². The maximum atomic E-state index is 13.9. The lowest BCUT2D eigenvalue weighted by Gasteiger charge is -2.18. The lowest BCUT2D eigenvalue weighted by atomic mass is 9.97. The van der Waals surface area contributed by atoms with E-state index in [9.17, 15) is 41.1 Å². The van der Waals surface area contributed by atoms with Gasteiger partial charge in [-0.25, -0.2) is 17.2 Å². The van der Waals surface area contributed by atoms with E-state index in [0.717, 1.165) is 14.6 Å². The molecule has 0 aliphatic carbocycles. The molecule has 47 heavy (non-hydrogen) atoms. The van der Waals surface area contributed by atoms with Crippen LogP contribution < -0.4 is 10.9 Å². The molecule has 3 aromatic carbocycles. The Hall–Kier alpha value is -4.59. The highest BCUT2D eigenvalue weighted by atomic mass is 35.5. The molecule has 0 bridgehead atoms. The van der Waals surface area contributed by atoms with E-state index in [0.29, 0.717) is 10.9 Å². The number of pyridine rings is 1. The largest absolute Gasteiger partial charge is 0.480 e. The Morgan fingerprint density at radius 1 is 0.957 bits per heavy atom. The summed E-state index contributed by atoms with van der Waals surface area (Å²) in [5.74, 6) is -2.51. The fourth-order valence-electron chi connectivity index (χ4n) is 5.17. The molecule has 15 heteroatoms. The first kappa shape index (κ1) is 33.8. The van der Waals surface area contributed by atoms with E-state index in [1.54, 1.807) is 18.2 Å². The van der Waals surface area contributed by atoms with Gasteiger partial charge in [-0.3, -0.25) is 9.59 Å². The minimum Gasteiger partial charge on any atom is -0.480 e. The number of carbonyl (C=O) groups excluding carboxylic acids is 1. The van der Waals surface area contributed by atoms with Gasteiger partial charge in [0.2, 0.25) is 0 Å². The van der Waals surface area contributed by atoms with Gasteiger partial charge in [-0.2, -0.15) is 13.2 Å². The van der Waals surface area contributed by atoms with Crippen LogP contribution in [0.3, 0.4) is 0 Å². The van der Waals surface area contributed by atoms with Crippen molar-refractivity contribution in [3.8, 4) is 11.1 Å². The molecule has 0 saturated carbocycles. The minimum atomic E-state index is -4.81. The van der Waals surface area contributed by atoms with Crippen molar-refractivity contribution in [1.82, 2.24) is 13.9 Å². The van der Waals surface area contributed by atoms with Crippen LogP contribution in [-0.2, 0) is 34.5 Å². The van der Waals surface area contributed by atoms with Crippen LogP contribution in [0.2, 0.25) is 10.0 Å². The summed E-state index contributed by atoms with van der Waals surface area (Å²) in [7, 11) is -3.24. The molecule has 0 aliphatic rings. The van der Waals surface area contributed by atoms with Gasteiger partial charge in [-0.15, -0.1) is 0 Å². The van der Waals surface area contributed by atoms with Gasteiger partial charge in [0.1, 0.15) is 16.6 Å². The third-order valence-corrected chi connectivity index (χ3v) is 10.3. The number of hydrogen-bond acceptors (Lipinski definition) is 5. The number of rotatable bonds is 8. The van der Waals surface area contributed by atoms with Crippen molar-refractivity contribution < 1.29 is 36.3 Å². The van der Waals surface area contributed by atoms with Gasteiger partial charge in [-0.05, 0) is 48.4 Å². The smallest absolute Gasteiger partial charge is 0.417 e. The second-order valence-electron chi connectivity index (χ2n) is 10.6. The summed E-state index contributed by atoms with van der Waals surface area (Å²) in [5, 5.41) is 12.3. The van der Waals surface area contributed by atoms with E-state index in [4.69, 9.17) is 23.2 Å². The molecule has 2 aromatic heterocycles. The number of amides is 1. The molecule has 0 fully saturated rings. The molecule has 0 radical (unpaired) electrons. The topological polar surface area (TPSA) is 127 Å². The molecular weight excluding hydrogens is 682 g/mol. The van der Waals surface area contributed by atoms with E-state index in [1.165, 1.54) is 68.6 Å². The Kier molecular flexibility index (Phi) is 9.01. The third-order valence-electron chi connectivity index (χ3n) is 7.58. The zero-order valence-corrected chi connectivity index (χ0v) is 26.8. The van der Waals surface area contributed by atoms with E-state index >= 15 is 0 Å². The summed E-state index contributed by atoms with van der Waals surface area (Å²) in [6, 6.07) is 16.0. The summed E-state index contributed by atoms with van der Waals surface area (Å²) >= 11 is 12.4. The highest BCUT2D eigenvalue weighted by Crippen LogP contribution is 2.36. The molecule has 0 spiro atoms. The Labute approximate surface area is 275 Å². The minimum absolute atomic E-state index is 0.0365. The Morgan fingerprint density at radius 2 is 1.57 bits per heavy atom. The van der Waals surface area contributed by atoms with Gasteiger partial charge >= 0.3 is 12.1 Å². The summed E-state index contributed by atoms with van der Waals surface area (Å²) in [5.41, 5.74) is -2.46. The number of carbonyl (C=O) groups is 2. The van der Waals surface area contributed by atoms with E-state index in [2.05, 4.69) is 5.32 Å². The average Bonchev–Trinajstić information content (AvgIpc) is 3.40. The standard InChI is InChI=1S/C32H24Cl2F3N3O6S/c1-17-14-21(32(35,36)37)27(30(42)39(17)2)19-12-10-18(11-13-19)15-24(31(43)44)38-29(41)26-16-20-6-3-4-9-25(20)40(26)47(45,46)28-22(33)7-5-8-23(28)34/h3-14,16,24H,15H2,1-2H3,(H,38,41)(H,43,44). The van der Waals surface area contributed by atoms with E-state index < -0.39 is 61.4 Å². The molecule has 5 rings (SSSR count). The van der Waals surface area contributed by atoms with Crippen molar-refractivity contribution in [2.24, 2.45) is 7.05 Å². The van der Waals surface area contributed by atoms with Crippen LogP contribution in [-0.4, -0.2) is 40.0 Å². The molecule has 5 aromatic rings. The van der Waals surface area contributed by atoms with Gasteiger partial charge in [0.05, 0.1) is 26.7 Å². The van der Waals surface area contributed by atoms with E-state index in [1.807, 2.05) is 0 Å². The van der Waals surface area contributed by atoms with Crippen LogP contribution in [0.5, 0.6) is 0 Å². The van der Waals surface area contributed by atoms with Crippen LogP contribution in [0.4, 0.5) is 13.2 Å². The summed E-state index contributed by atoms with van der Waals surface area (Å²) in [4.78, 5) is 38.2. The molecule has 0 saturated heterocycles. The Balaban J connectivity index is 1.49. The van der Waals surface area contributed by atoms with Crippen LogP contribution >= 0.6 is 23.2 Å². The van der Waals surface area contributed by atoms with Gasteiger partial charge in [0.25, 0.3) is 21.5 Å². The van der Waals surface area contributed by atoms with Crippen molar-refractivity contribution in [3.05, 3.63) is 122 Å². The number of aromatic nitrogens is 2. The SMILES string of the molecule is Cc1cc(C(F)(F)F)c(-c2ccc(CC(NC(=O)c3cc4ccccc4n3S(=O)(=O)c3c(Cl)cccc3Cl)C(=O)O)cc2)c(=O)n1C. The lowest BCUT2D eigenvalue weighted by molar-refractivity contribution is -0.139. The summed E-state index contributed by atoms with van der Waals surface area (Å²) in [6.07, 6.45) is -5.14. The van der Waals surface area contributed by atoms with Gasteiger partial charge in [0, 0.05) is 24.5 Å². The number of para-hydroxylation sites is 1. The number of carboxylic acids is 1. The highest BCUT2D eigenvalue weighted by molar-refractivity contribution is 7.90. The molecule has 1 unspecified atom stereocenters. The zero-order chi connectivity index (χ0) is 34.4. The first-order valence-corrected chi connectivity index (χ1v) is 15.9. The highest BCUT2D eigenvalue weighted by Gasteiger charge is 2.36. The lowest BCUT2D eigenvalue weighted by Crippen LogP contribution is -2.43. The number of nitrogens with one attached hydrogen (secondary N) is 1. The van der Waals surface area contributed by atoms with Gasteiger partial charge < -0.3 is 15.0 Å². The monoisotopic (exact) mass is 705 g/mol. The second-order valence-corrected chi connectivity index (χ2v) is 13.1. The molecular formula is C32H24Cl2F3N3O6S. The molecule has 9 nitrogen and oxygen atoms in total. The maximum Gasteiger partial charge on any atom is 0.417 e. The third kappa shape index (κ3) is 6.38.